The average molecular weight is 264 g/mol. The summed E-state index contributed by atoms with van der Waals surface area (Å²) in [4.78, 5) is 24.6. The predicted octanol–water partition coefficient (Wildman–Crippen LogP) is 1.29. The molecule has 19 heavy (non-hydrogen) atoms. The predicted molar refractivity (Wildman–Crippen MR) is 61.7 cm³/mol. The Morgan fingerprint density at radius 3 is 2.84 bits per heavy atom. The van der Waals surface area contributed by atoms with Gasteiger partial charge in [0.15, 0.2) is 11.5 Å². The number of nitrogens with zero attached hydrogens (tertiary/aromatic N) is 3. The lowest BCUT2D eigenvalue weighted by atomic mass is 10.3. The zero-order valence-electron chi connectivity index (χ0n) is 9.44. The minimum absolute atomic E-state index is 0.108. The van der Waals surface area contributed by atoms with Crippen LogP contribution in [0, 0.1) is 10.1 Å². The minimum Gasteiger partial charge on any atom is -0.477 e. The van der Waals surface area contributed by atoms with Crippen LogP contribution in [-0.4, -0.2) is 26.1 Å². The third kappa shape index (κ3) is 2.83. The summed E-state index contributed by atoms with van der Waals surface area (Å²) in [7, 11) is 0. The molecule has 2 N–H and O–H groups in total. The van der Waals surface area contributed by atoms with Gasteiger partial charge in [0.2, 0.25) is 5.82 Å². The zero-order valence-corrected chi connectivity index (χ0v) is 9.44. The van der Waals surface area contributed by atoms with Crippen molar-refractivity contribution >= 4 is 17.5 Å². The van der Waals surface area contributed by atoms with Crippen LogP contribution in [-0.2, 0) is 6.54 Å². The van der Waals surface area contributed by atoms with Gasteiger partial charge in [-0.2, -0.15) is 0 Å². The van der Waals surface area contributed by atoms with Gasteiger partial charge in [-0.15, -0.1) is 0 Å². The molecule has 2 aromatic rings. The van der Waals surface area contributed by atoms with E-state index in [9.17, 15) is 14.9 Å². The molecule has 0 fully saturated rings. The molecule has 0 aliphatic rings. The van der Waals surface area contributed by atoms with E-state index in [0.717, 1.165) is 12.1 Å². The summed E-state index contributed by atoms with van der Waals surface area (Å²) in [6.45, 7) is 0.108. The topological polar surface area (TPSA) is 131 Å². The minimum atomic E-state index is -1.27. The Bertz CT molecular complexity index is 610. The standard InChI is InChI=1S/C10H8N4O5/c15-10(16)7-1-2-8(14(17)18)9(13-7)11-5-6-3-4-12-19-6/h1-4H,5H2,(H,11,13)(H,15,16). The highest BCUT2D eigenvalue weighted by atomic mass is 16.6. The van der Waals surface area contributed by atoms with Crippen LogP contribution in [0.5, 0.6) is 0 Å². The molecule has 0 unspecified atom stereocenters. The molecule has 98 valence electrons. The van der Waals surface area contributed by atoms with E-state index in [4.69, 9.17) is 9.63 Å². The number of carboxylic acids is 1. The van der Waals surface area contributed by atoms with Crippen molar-refractivity contribution in [2.24, 2.45) is 0 Å². The molecule has 0 radical (unpaired) electrons. The number of aromatic carboxylic acids is 1. The summed E-state index contributed by atoms with van der Waals surface area (Å²) in [6, 6.07) is 3.72. The number of nitrogens with one attached hydrogen (secondary N) is 1. The van der Waals surface area contributed by atoms with Gasteiger partial charge in [0.25, 0.3) is 0 Å². The number of pyridine rings is 1. The summed E-state index contributed by atoms with van der Waals surface area (Å²) in [5.41, 5.74) is -0.602. The fraction of sp³-hybridized carbons (Fsp3) is 0.100. The van der Waals surface area contributed by atoms with E-state index in [0.29, 0.717) is 5.76 Å². The first-order valence-corrected chi connectivity index (χ1v) is 5.10. The Kier molecular flexibility index (Phi) is 3.37. The average Bonchev–Trinajstić information content (AvgIpc) is 2.88. The van der Waals surface area contributed by atoms with Crippen molar-refractivity contribution in [1.29, 1.82) is 0 Å². The van der Waals surface area contributed by atoms with Gasteiger partial charge in [0.1, 0.15) is 0 Å². The normalized spacial score (nSPS) is 10.1. The molecule has 0 saturated carbocycles. The van der Waals surface area contributed by atoms with E-state index in [1.165, 1.54) is 6.20 Å². The van der Waals surface area contributed by atoms with E-state index >= 15 is 0 Å². The van der Waals surface area contributed by atoms with Crippen LogP contribution in [0.3, 0.4) is 0 Å². The molecule has 0 aliphatic heterocycles. The van der Waals surface area contributed by atoms with Crippen LogP contribution in [0.15, 0.2) is 28.9 Å². The van der Waals surface area contributed by atoms with Crippen molar-refractivity contribution in [3.8, 4) is 0 Å². The molecule has 9 nitrogen and oxygen atoms in total. The Morgan fingerprint density at radius 2 is 2.26 bits per heavy atom. The second kappa shape index (κ2) is 5.12. The number of carboxylic acid groups (broad SMARTS) is 1. The molecule has 2 rings (SSSR count). The first-order valence-electron chi connectivity index (χ1n) is 5.10. The van der Waals surface area contributed by atoms with Crippen LogP contribution in [0.2, 0.25) is 0 Å². The molecule has 0 aliphatic carbocycles. The van der Waals surface area contributed by atoms with E-state index in [-0.39, 0.29) is 23.7 Å². The van der Waals surface area contributed by atoms with Crippen molar-refractivity contribution in [3.63, 3.8) is 0 Å². The molecule has 9 heteroatoms. The number of aromatic nitrogens is 2. The van der Waals surface area contributed by atoms with Crippen molar-refractivity contribution in [2.45, 2.75) is 6.54 Å². The number of carbonyl (C=O) groups is 1. The van der Waals surface area contributed by atoms with Gasteiger partial charge in [0.05, 0.1) is 17.7 Å². The fourth-order valence-corrected chi connectivity index (χ4v) is 1.35. The van der Waals surface area contributed by atoms with Crippen LogP contribution in [0.1, 0.15) is 16.2 Å². The lowest BCUT2D eigenvalue weighted by Gasteiger charge is -2.04. The number of hydrogen-bond acceptors (Lipinski definition) is 7. The Balaban J connectivity index is 2.27. The van der Waals surface area contributed by atoms with Gasteiger partial charge in [0, 0.05) is 12.1 Å². The third-order valence-electron chi connectivity index (χ3n) is 2.21. The molecule has 2 aromatic heterocycles. The summed E-state index contributed by atoms with van der Waals surface area (Å²) < 4.78 is 4.81. The lowest BCUT2D eigenvalue weighted by molar-refractivity contribution is -0.384. The van der Waals surface area contributed by atoms with Gasteiger partial charge >= 0.3 is 11.7 Å². The number of nitro groups is 1. The highest BCUT2D eigenvalue weighted by Crippen LogP contribution is 2.22. The largest absolute Gasteiger partial charge is 0.477 e. The molecule has 0 atom stereocenters. The maximum absolute atomic E-state index is 10.8. The van der Waals surface area contributed by atoms with Crippen molar-refractivity contribution < 1.29 is 19.3 Å². The number of hydrogen-bond donors (Lipinski definition) is 2. The van der Waals surface area contributed by atoms with Crippen LogP contribution in [0.4, 0.5) is 11.5 Å². The second-order valence-electron chi connectivity index (χ2n) is 3.46. The number of rotatable bonds is 5. The molecule has 0 aromatic carbocycles. The Morgan fingerprint density at radius 1 is 1.47 bits per heavy atom. The smallest absolute Gasteiger partial charge is 0.354 e. The van der Waals surface area contributed by atoms with Crippen molar-refractivity contribution in [3.05, 3.63) is 46.0 Å². The van der Waals surface area contributed by atoms with Crippen molar-refractivity contribution in [1.82, 2.24) is 10.1 Å². The Hall–Kier alpha value is -2.97. The maximum atomic E-state index is 10.8. The van der Waals surface area contributed by atoms with Gasteiger partial charge in [-0.3, -0.25) is 10.1 Å². The van der Waals surface area contributed by atoms with Gasteiger partial charge in [-0.1, -0.05) is 5.16 Å². The lowest BCUT2D eigenvalue weighted by Crippen LogP contribution is -2.08. The van der Waals surface area contributed by atoms with E-state index in [2.05, 4.69) is 15.5 Å². The van der Waals surface area contributed by atoms with Crippen molar-refractivity contribution in [2.75, 3.05) is 5.32 Å². The van der Waals surface area contributed by atoms with E-state index < -0.39 is 10.9 Å². The fourth-order valence-electron chi connectivity index (χ4n) is 1.35. The van der Waals surface area contributed by atoms with Gasteiger partial charge in [-0.25, -0.2) is 9.78 Å². The molecule has 0 amide bonds. The van der Waals surface area contributed by atoms with E-state index in [1.807, 2.05) is 0 Å². The zero-order chi connectivity index (χ0) is 13.8. The van der Waals surface area contributed by atoms with Crippen LogP contribution in [0.25, 0.3) is 0 Å². The molecular formula is C10H8N4O5. The third-order valence-corrected chi connectivity index (χ3v) is 2.21. The van der Waals surface area contributed by atoms with Gasteiger partial charge < -0.3 is 14.9 Å². The Labute approximate surface area is 106 Å². The quantitative estimate of drug-likeness (QED) is 0.609. The van der Waals surface area contributed by atoms with Gasteiger partial charge in [-0.05, 0) is 6.07 Å². The maximum Gasteiger partial charge on any atom is 0.354 e. The highest BCUT2D eigenvalue weighted by molar-refractivity contribution is 5.86. The molecule has 0 spiro atoms. The first-order chi connectivity index (χ1) is 9.08. The summed E-state index contributed by atoms with van der Waals surface area (Å²) >= 11 is 0. The molecule has 0 saturated heterocycles. The van der Waals surface area contributed by atoms with Crippen LogP contribution >= 0.6 is 0 Å². The number of anilines is 1. The highest BCUT2D eigenvalue weighted by Gasteiger charge is 2.18. The second-order valence-corrected chi connectivity index (χ2v) is 3.46. The summed E-state index contributed by atoms with van der Waals surface area (Å²) in [6.07, 6.45) is 1.42. The molecule has 0 bridgehead atoms. The summed E-state index contributed by atoms with van der Waals surface area (Å²) in [5.74, 6) is -0.962. The summed E-state index contributed by atoms with van der Waals surface area (Å²) in [5, 5.41) is 25.7. The first kappa shape index (κ1) is 12.5. The SMILES string of the molecule is O=C(O)c1ccc([N+](=O)[O-])c(NCc2ccno2)n1. The monoisotopic (exact) mass is 264 g/mol. The van der Waals surface area contributed by atoms with E-state index in [1.54, 1.807) is 6.07 Å². The molecule has 2 heterocycles. The van der Waals surface area contributed by atoms with Crippen LogP contribution < -0.4 is 5.32 Å². The molecular weight excluding hydrogens is 256 g/mol.